The summed E-state index contributed by atoms with van der Waals surface area (Å²) in [6, 6.07) is 10.7. The fraction of sp³-hybridized carbons (Fsp3) is 0.375. The SMILES string of the molecule is Cc1ccccc1-c1ccnc(C2CCCCN2)n1. The van der Waals surface area contributed by atoms with Gasteiger partial charge in [0.15, 0.2) is 0 Å². The topological polar surface area (TPSA) is 37.8 Å². The Balaban J connectivity index is 1.93. The van der Waals surface area contributed by atoms with Crippen molar-refractivity contribution >= 4 is 0 Å². The lowest BCUT2D eigenvalue weighted by Crippen LogP contribution is -2.28. The molecule has 1 aromatic carbocycles. The first-order chi connectivity index (χ1) is 9.34. The number of nitrogens with one attached hydrogen (secondary N) is 1. The molecule has 1 fully saturated rings. The molecule has 3 rings (SSSR count). The second kappa shape index (κ2) is 5.49. The largest absolute Gasteiger partial charge is 0.307 e. The van der Waals surface area contributed by atoms with Crippen molar-refractivity contribution < 1.29 is 0 Å². The summed E-state index contributed by atoms with van der Waals surface area (Å²) in [4.78, 5) is 9.20. The Morgan fingerprint density at radius 3 is 2.84 bits per heavy atom. The number of aryl methyl sites for hydroxylation is 1. The van der Waals surface area contributed by atoms with E-state index in [1.807, 2.05) is 12.3 Å². The van der Waals surface area contributed by atoms with E-state index in [4.69, 9.17) is 4.98 Å². The Morgan fingerprint density at radius 2 is 2.05 bits per heavy atom. The summed E-state index contributed by atoms with van der Waals surface area (Å²) in [7, 11) is 0. The monoisotopic (exact) mass is 253 g/mol. The van der Waals surface area contributed by atoms with Crippen LogP contribution >= 0.6 is 0 Å². The highest BCUT2D eigenvalue weighted by Gasteiger charge is 2.17. The molecule has 1 aliphatic heterocycles. The third-order valence-corrected chi connectivity index (χ3v) is 3.72. The highest BCUT2D eigenvalue weighted by molar-refractivity contribution is 5.62. The molecule has 2 heterocycles. The number of piperidine rings is 1. The average molecular weight is 253 g/mol. The van der Waals surface area contributed by atoms with Gasteiger partial charge in [-0.25, -0.2) is 9.97 Å². The van der Waals surface area contributed by atoms with Gasteiger partial charge in [-0.05, 0) is 37.9 Å². The van der Waals surface area contributed by atoms with E-state index in [2.05, 4.69) is 41.5 Å². The van der Waals surface area contributed by atoms with Crippen LogP contribution in [0.25, 0.3) is 11.3 Å². The molecule has 3 heteroatoms. The van der Waals surface area contributed by atoms with Crippen LogP contribution in [0.1, 0.15) is 36.7 Å². The molecule has 1 saturated heterocycles. The molecule has 0 saturated carbocycles. The van der Waals surface area contributed by atoms with Gasteiger partial charge in [0.2, 0.25) is 0 Å². The molecule has 0 bridgehead atoms. The van der Waals surface area contributed by atoms with Gasteiger partial charge in [-0.15, -0.1) is 0 Å². The summed E-state index contributed by atoms with van der Waals surface area (Å²) in [5, 5.41) is 3.50. The summed E-state index contributed by atoms with van der Waals surface area (Å²) in [6.45, 7) is 3.19. The fourth-order valence-electron chi connectivity index (χ4n) is 2.62. The minimum atomic E-state index is 0.317. The van der Waals surface area contributed by atoms with Gasteiger partial charge in [0.25, 0.3) is 0 Å². The molecule has 0 amide bonds. The first-order valence-corrected chi connectivity index (χ1v) is 6.97. The summed E-state index contributed by atoms with van der Waals surface area (Å²) < 4.78 is 0. The predicted octanol–water partition coefficient (Wildman–Crippen LogP) is 3.27. The highest BCUT2D eigenvalue weighted by atomic mass is 15.0. The quantitative estimate of drug-likeness (QED) is 0.892. The third kappa shape index (κ3) is 2.66. The van der Waals surface area contributed by atoms with Crippen LogP contribution in [0.4, 0.5) is 0 Å². The number of hydrogen-bond acceptors (Lipinski definition) is 3. The lowest BCUT2D eigenvalue weighted by molar-refractivity contribution is 0.397. The van der Waals surface area contributed by atoms with Crippen LogP contribution in [0.5, 0.6) is 0 Å². The Hall–Kier alpha value is -1.74. The van der Waals surface area contributed by atoms with Crippen molar-refractivity contribution in [3.05, 3.63) is 47.9 Å². The highest BCUT2D eigenvalue weighted by Crippen LogP contribution is 2.24. The minimum Gasteiger partial charge on any atom is -0.307 e. The zero-order valence-corrected chi connectivity index (χ0v) is 11.3. The Kier molecular flexibility index (Phi) is 3.56. The van der Waals surface area contributed by atoms with Gasteiger partial charge in [-0.1, -0.05) is 30.7 Å². The normalized spacial score (nSPS) is 19.3. The summed E-state index contributed by atoms with van der Waals surface area (Å²) in [6.07, 6.45) is 5.53. The zero-order valence-electron chi connectivity index (χ0n) is 11.3. The van der Waals surface area contributed by atoms with Crippen LogP contribution in [0.2, 0.25) is 0 Å². The van der Waals surface area contributed by atoms with Gasteiger partial charge in [0, 0.05) is 11.8 Å². The molecule has 1 aromatic heterocycles. The molecule has 98 valence electrons. The van der Waals surface area contributed by atoms with Crippen molar-refractivity contribution in [3.63, 3.8) is 0 Å². The van der Waals surface area contributed by atoms with E-state index in [0.717, 1.165) is 24.5 Å². The first-order valence-electron chi connectivity index (χ1n) is 6.97. The van der Waals surface area contributed by atoms with Gasteiger partial charge < -0.3 is 5.32 Å². The summed E-state index contributed by atoms with van der Waals surface area (Å²) in [5.74, 6) is 0.931. The lowest BCUT2D eigenvalue weighted by Gasteiger charge is -2.22. The van der Waals surface area contributed by atoms with E-state index in [-0.39, 0.29) is 0 Å². The third-order valence-electron chi connectivity index (χ3n) is 3.72. The maximum atomic E-state index is 4.75. The number of rotatable bonds is 2. The molecular weight excluding hydrogens is 234 g/mol. The second-order valence-corrected chi connectivity index (χ2v) is 5.12. The van der Waals surface area contributed by atoms with E-state index in [1.54, 1.807) is 0 Å². The maximum Gasteiger partial charge on any atom is 0.145 e. The van der Waals surface area contributed by atoms with Crippen LogP contribution < -0.4 is 5.32 Å². The van der Waals surface area contributed by atoms with Crippen molar-refractivity contribution in [3.8, 4) is 11.3 Å². The van der Waals surface area contributed by atoms with Crippen LogP contribution in [0.3, 0.4) is 0 Å². The molecule has 1 unspecified atom stereocenters. The predicted molar refractivity (Wildman–Crippen MR) is 76.8 cm³/mol. The number of aromatic nitrogens is 2. The van der Waals surface area contributed by atoms with E-state index in [1.165, 1.54) is 24.0 Å². The Morgan fingerprint density at radius 1 is 1.16 bits per heavy atom. The molecular formula is C16H19N3. The number of benzene rings is 1. The number of hydrogen-bond donors (Lipinski definition) is 1. The van der Waals surface area contributed by atoms with E-state index in [9.17, 15) is 0 Å². The molecule has 2 aromatic rings. The van der Waals surface area contributed by atoms with Gasteiger partial charge in [-0.2, -0.15) is 0 Å². The summed E-state index contributed by atoms with van der Waals surface area (Å²) >= 11 is 0. The molecule has 0 spiro atoms. The molecule has 1 atom stereocenters. The van der Waals surface area contributed by atoms with Crippen molar-refractivity contribution in [1.82, 2.24) is 15.3 Å². The molecule has 0 radical (unpaired) electrons. The standard InChI is InChI=1S/C16H19N3/c1-12-6-2-3-7-13(12)14-9-11-18-16(19-14)15-8-4-5-10-17-15/h2-3,6-7,9,11,15,17H,4-5,8,10H2,1H3. The molecule has 19 heavy (non-hydrogen) atoms. The van der Waals surface area contributed by atoms with Crippen molar-refractivity contribution in [1.29, 1.82) is 0 Å². The summed E-state index contributed by atoms with van der Waals surface area (Å²) in [5.41, 5.74) is 3.47. The van der Waals surface area contributed by atoms with Gasteiger partial charge >= 0.3 is 0 Å². The smallest absolute Gasteiger partial charge is 0.145 e. The fourth-order valence-corrected chi connectivity index (χ4v) is 2.62. The molecule has 3 nitrogen and oxygen atoms in total. The first kappa shape index (κ1) is 12.3. The van der Waals surface area contributed by atoms with Gasteiger partial charge in [0.1, 0.15) is 5.82 Å². The lowest BCUT2D eigenvalue weighted by atomic mass is 10.0. The average Bonchev–Trinajstić information content (AvgIpc) is 2.49. The van der Waals surface area contributed by atoms with E-state index in [0.29, 0.717) is 6.04 Å². The van der Waals surface area contributed by atoms with Crippen LogP contribution in [-0.2, 0) is 0 Å². The molecule has 1 N–H and O–H groups in total. The maximum absolute atomic E-state index is 4.75. The van der Waals surface area contributed by atoms with E-state index < -0.39 is 0 Å². The van der Waals surface area contributed by atoms with Crippen LogP contribution in [0.15, 0.2) is 36.5 Å². The van der Waals surface area contributed by atoms with Gasteiger partial charge in [-0.3, -0.25) is 0 Å². The molecule has 0 aliphatic carbocycles. The van der Waals surface area contributed by atoms with E-state index >= 15 is 0 Å². The Labute approximate surface area is 114 Å². The van der Waals surface area contributed by atoms with Crippen LogP contribution in [-0.4, -0.2) is 16.5 Å². The van der Waals surface area contributed by atoms with Crippen LogP contribution in [0, 0.1) is 6.92 Å². The van der Waals surface area contributed by atoms with Gasteiger partial charge in [0.05, 0.1) is 11.7 Å². The Bertz CT molecular complexity index is 559. The van der Waals surface area contributed by atoms with Crippen molar-refractivity contribution in [2.75, 3.05) is 6.54 Å². The number of nitrogens with zero attached hydrogens (tertiary/aromatic N) is 2. The van der Waals surface area contributed by atoms with Crippen molar-refractivity contribution in [2.45, 2.75) is 32.2 Å². The van der Waals surface area contributed by atoms with Crippen molar-refractivity contribution in [2.24, 2.45) is 0 Å². The molecule has 1 aliphatic rings. The minimum absolute atomic E-state index is 0.317. The second-order valence-electron chi connectivity index (χ2n) is 5.12. The zero-order chi connectivity index (χ0) is 13.1.